The van der Waals surface area contributed by atoms with E-state index in [1.165, 1.54) is 0 Å². The van der Waals surface area contributed by atoms with Crippen molar-refractivity contribution >= 4 is 12.1 Å². The van der Waals surface area contributed by atoms with Crippen LogP contribution >= 0.6 is 0 Å². The third-order valence-corrected chi connectivity index (χ3v) is 1.40. The van der Waals surface area contributed by atoms with Crippen molar-refractivity contribution in [2.24, 2.45) is 0 Å². The minimum absolute atomic E-state index is 0.131. The van der Waals surface area contributed by atoms with Crippen LogP contribution in [0.1, 0.15) is 20.8 Å². The summed E-state index contributed by atoms with van der Waals surface area (Å²) in [5.74, 6) is -0.522. The lowest BCUT2D eigenvalue weighted by Gasteiger charge is -2.12. The van der Waals surface area contributed by atoms with E-state index < -0.39 is 11.9 Å². The van der Waals surface area contributed by atoms with Crippen LogP contribution < -0.4 is 0 Å². The second kappa shape index (κ2) is 5.66. The zero-order valence-electron chi connectivity index (χ0n) is 7.61. The van der Waals surface area contributed by atoms with E-state index in [1.807, 2.05) is 26.0 Å². The lowest BCUT2D eigenvalue weighted by molar-refractivity contribution is -0.138. The van der Waals surface area contributed by atoms with Crippen molar-refractivity contribution in [2.75, 3.05) is 0 Å². The van der Waals surface area contributed by atoms with Gasteiger partial charge in [-0.05, 0) is 20.8 Å². The Morgan fingerprint density at radius 3 is 2.42 bits per heavy atom. The smallest absolute Gasteiger partial charge is 0.223 e. The van der Waals surface area contributed by atoms with Gasteiger partial charge in [0.1, 0.15) is 6.10 Å². The van der Waals surface area contributed by atoms with Gasteiger partial charge in [0.2, 0.25) is 5.78 Å². The maximum atomic E-state index is 10.7. The molecule has 0 bridgehead atoms. The second-order valence-corrected chi connectivity index (χ2v) is 2.53. The predicted octanol–water partition coefficient (Wildman–Crippen LogP) is 1.12. The van der Waals surface area contributed by atoms with E-state index in [-0.39, 0.29) is 12.4 Å². The number of Topliss-reactive ketones (excluding diaryl/α,β-unsaturated/α-hetero) is 1. The molecule has 0 aromatic heterocycles. The molecule has 12 heavy (non-hydrogen) atoms. The summed E-state index contributed by atoms with van der Waals surface area (Å²) < 4.78 is 5.18. The van der Waals surface area contributed by atoms with Gasteiger partial charge < -0.3 is 4.74 Å². The Morgan fingerprint density at radius 2 is 2.00 bits per heavy atom. The number of aldehydes is 1. The molecule has 0 saturated heterocycles. The van der Waals surface area contributed by atoms with Crippen LogP contribution in [0, 0.1) is 0 Å². The highest BCUT2D eigenvalue weighted by atomic mass is 16.5. The molecule has 68 valence electrons. The number of allylic oxidation sites excluding steroid dienone is 1. The van der Waals surface area contributed by atoms with Crippen LogP contribution in [0.5, 0.6) is 0 Å². The van der Waals surface area contributed by atoms with Crippen LogP contribution in [0.4, 0.5) is 0 Å². The molecule has 0 fully saturated rings. The Kier molecular flexibility index (Phi) is 5.21. The van der Waals surface area contributed by atoms with Gasteiger partial charge in [0.25, 0.3) is 0 Å². The number of hydrogen-bond donors (Lipinski definition) is 0. The lowest BCUT2D eigenvalue weighted by atomic mass is 10.2. The van der Waals surface area contributed by atoms with Crippen molar-refractivity contribution in [3.8, 4) is 0 Å². The maximum absolute atomic E-state index is 10.7. The third kappa shape index (κ3) is 4.03. The van der Waals surface area contributed by atoms with Gasteiger partial charge in [0, 0.05) is 0 Å². The molecule has 0 aliphatic heterocycles. The molecule has 0 aromatic carbocycles. The lowest BCUT2D eigenvalue weighted by Crippen LogP contribution is -2.25. The van der Waals surface area contributed by atoms with Gasteiger partial charge in [-0.2, -0.15) is 0 Å². The van der Waals surface area contributed by atoms with Crippen molar-refractivity contribution in [1.82, 2.24) is 0 Å². The summed E-state index contributed by atoms with van der Waals surface area (Å²) in [6, 6.07) is 0. The first-order valence-electron chi connectivity index (χ1n) is 3.89. The first-order valence-corrected chi connectivity index (χ1v) is 3.89. The monoisotopic (exact) mass is 170 g/mol. The molecule has 0 radical (unpaired) electrons. The predicted molar refractivity (Wildman–Crippen MR) is 45.9 cm³/mol. The molecular formula is C9H14O3. The van der Waals surface area contributed by atoms with E-state index in [0.717, 1.165) is 0 Å². The van der Waals surface area contributed by atoms with Crippen molar-refractivity contribution in [2.45, 2.75) is 33.0 Å². The summed E-state index contributed by atoms with van der Waals surface area (Å²) in [4.78, 5) is 20.8. The number of ether oxygens (including phenoxy) is 1. The molecule has 0 saturated carbocycles. The number of rotatable bonds is 5. The molecule has 0 N–H and O–H groups in total. The summed E-state index contributed by atoms with van der Waals surface area (Å²) >= 11 is 0. The molecule has 2 atom stereocenters. The van der Waals surface area contributed by atoms with E-state index in [0.29, 0.717) is 0 Å². The topological polar surface area (TPSA) is 43.4 Å². The van der Waals surface area contributed by atoms with E-state index in [9.17, 15) is 9.59 Å². The molecule has 0 rings (SSSR count). The Morgan fingerprint density at radius 1 is 1.42 bits per heavy atom. The average Bonchev–Trinajstić information content (AvgIpc) is 2.03. The summed E-state index contributed by atoms with van der Waals surface area (Å²) in [5.41, 5.74) is 0. The minimum Gasteiger partial charge on any atom is -0.363 e. The van der Waals surface area contributed by atoms with E-state index >= 15 is 0 Å². The first-order chi connectivity index (χ1) is 5.61. The minimum atomic E-state index is -0.645. The van der Waals surface area contributed by atoms with Crippen molar-refractivity contribution < 1.29 is 14.3 Å². The normalized spacial score (nSPS) is 15.9. The highest BCUT2D eigenvalue weighted by Crippen LogP contribution is 1.99. The van der Waals surface area contributed by atoms with Gasteiger partial charge in [-0.25, -0.2) is 0 Å². The largest absolute Gasteiger partial charge is 0.363 e. The number of ketones is 1. The first kappa shape index (κ1) is 11.0. The van der Waals surface area contributed by atoms with Crippen LogP contribution in [0.15, 0.2) is 12.2 Å². The standard InChI is InChI=1S/C9H14O3/c1-4-5-7(2)12-8(3)9(11)6-10/h4-8H,1-3H3. The van der Waals surface area contributed by atoms with Crippen molar-refractivity contribution in [1.29, 1.82) is 0 Å². The molecule has 2 unspecified atom stereocenters. The van der Waals surface area contributed by atoms with Gasteiger partial charge in [-0.15, -0.1) is 0 Å². The fourth-order valence-corrected chi connectivity index (χ4v) is 0.801. The van der Waals surface area contributed by atoms with E-state index in [1.54, 1.807) is 6.92 Å². The number of carbonyl (C=O) groups excluding carboxylic acids is 2. The second-order valence-electron chi connectivity index (χ2n) is 2.53. The van der Waals surface area contributed by atoms with Gasteiger partial charge in [-0.1, -0.05) is 12.2 Å². The Balaban J connectivity index is 3.90. The highest BCUT2D eigenvalue weighted by molar-refractivity contribution is 6.26. The third-order valence-electron chi connectivity index (χ3n) is 1.40. The molecule has 3 heteroatoms. The van der Waals surface area contributed by atoms with Crippen molar-refractivity contribution in [3.63, 3.8) is 0 Å². The molecule has 0 aliphatic carbocycles. The molecule has 0 aromatic rings. The zero-order valence-corrected chi connectivity index (χ0v) is 7.61. The number of hydrogen-bond acceptors (Lipinski definition) is 3. The Labute approximate surface area is 72.4 Å². The van der Waals surface area contributed by atoms with E-state index in [4.69, 9.17) is 4.74 Å². The van der Waals surface area contributed by atoms with Gasteiger partial charge >= 0.3 is 0 Å². The van der Waals surface area contributed by atoms with Crippen molar-refractivity contribution in [3.05, 3.63) is 12.2 Å². The molecule has 0 heterocycles. The fraction of sp³-hybridized carbons (Fsp3) is 0.556. The van der Waals surface area contributed by atoms with Gasteiger partial charge in [0.15, 0.2) is 6.29 Å². The highest BCUT2D eigenvalue weighted by Gasteiger charge is 2.13. The number of carbonyl (C=O) groups is 2. The van der Waals surface area contributed by atoms with Crippen LogP contribution in [0.3, 0.4) is 0 Å². The molecule has 3 nitrogen and oxygen atoms in total. The summed E-state index contributed by atoms with van der Waals surface area (Å²) in [6.07, 6.45) is 3.16. The fourth-order valence-electron chi connectivity index (χ4n) is 0.801. The molecule has 0 amide bonds. The Hall–Kier alpha value is -0.960. The van der Waals surface area contributed by atoms with Gasteiger partial charge in [0.05, 0.1) is 6.10 Å². The Bertz CT molecular complexity index is 184. The molecular weight excluding hydrogens is 156 g/mol. The molecule has 0 spiro atoms. The summed E-state index contributed by atoms with van der Waals surface area (Å²) in [6.45, 7) is 5.25. The van der Waals surface area contributed by atoms with Crippen LogP contribution in [0.25, 0.3) is 0 Å². The summed E-state index contributed by atoms with van der Waals surface area (Å²) in [5, 5.41) is 0. The average molecular weight is 170 g/mol. The summed E-state index contributed by atoms with van der Waals surface area (Å²) in [7, 11) is 0. The van der Waals surface area contributed by atoms with E-state index in [2.05, 4.69) is 0 Å². The zero-order chi connectivity index (χ0) is 9.56. The van der Waals surface area contributed by atoms with Crippen LogP contribution in [0.2, 0.25) is 0 Å². The van der Waals surface area contributed by atoms with Gasteiger partial charge in [-0.3, -0.25) is 9.59 Å². The quantitative estimate of drug-likeness (QED) is 0.353. The van der Waals surface area contributed by atoms with Crippen LogP contribution in [-0.4, -0.2) is 24.3 Å². The van der Waals surface area contributed by atoms with Crippen LogP contribution in [-0.2, 0) is 14.3 Å². The maximum Gasteiger partial charge on any atom is 0.223 e. The SMILES string of the molecule is CC=CC(C)OC(C)C(=O)C=O. The molecule has 0 aliphatic rings.